The number of carbonyl (C=O) groups excluding carboxylic acids is 4. The lowest BCUT2D eigenvalue weighted by Gasteiger charge is -2.22. The molecule has 1 unspecified atom stereocenters. The number of nitrogens with one attached hydrogen (secondary N) is 2. The first-order chi connectivity index (χ1) is 16.6. The SMILES string of the molecule is COc1ccc(C2(C)NC(=O)N(CC(=O)Nc3sc4c(c3C(=O)OC(C)C)CCCC4)C2=O)cc1. The Morgan fingerprint density at radius 2 is 1.86 bits per heavy atom. The highest BCUT2D eigenvalue weighted by Crippen LogP contribution is 2.39. The number of imide groups is 1. The van der Waals surface area contributed by atoms with E-state index in [2.05, 4.69) is 10.6 Å². The maximum atomic E-state index is 13.2. The highest BCUT2D eigenvalue weighted by Gasteiger charge is 2.49. The van der Waals surface area contributed by atoms with Crippen molar-refractivity contribution in [1.82, 2.24) is 10.2 Å². The van der Waals surface area contributed by atoms with E-state index in [1.165, 1.54) is 18.4 Å². The van der Waals surface area contributed by atoms with E-state index >= 15 is 0 Å². The number of nitrogens with zero attached hydrogens (tertiary/aromatic N) is 1. The largest absolute Gasteiger partial charge is 0.497 e. The van der Waals surface area contributed by atoms with Gasteiger partial charge in [0.2, 0.25) is 5.91 Å². The minimum atomic E-state index is -1.31. The van der Waals surface area contributed by atoms with E-state index in [9.17, 15) is 19.2 Å². The molecule has 1 atom stereocenters. The molecule has 186 valence electrons. The van der Waals surface area contributed by atoms with Crippen LogP contribution < -0.4 is 15.4 Å². The summed E-state index contributed by atoms with van der Waals surface area (Å²) < 4.78 is 10.6. The molecule has 0 saturated carbocycles. The Kier molecular flexibility index (Phi) is 6.84. The summed E-state index contributed by atoms with van der Waals surface area (Å²) in [6, 6.07) is 6.14. The number of rotatable bonds is 7. The zero-order valence-electron chi connectivity index (χ0n) is 20.2. The van der Waals surface area contributed by atoms with Crippen LogP contribution >= 0.6 is 11.3 Å². The Morgan fingerprint density at radius 1 is 1.17 bits per heavy atom. The minimum Gasteiger partial charge on any atom is -0.497 e. The van der Waals surface area contributed by atoms with E-state index in [1.807, 2.05) is 0 Å². The number of hydrogen-bond donors (Lipinski definition) is 2. The van der Waals surface area contributed by atoms with Crippen LogP contribution in [0.5, 0.6) is 5.75 Å². The average molecular weight is 500 g/mol. The lowest BCUT2D eigenvalue weighted by Crippen LogP contribution is -2.42. The first-order valence-electron chi connectivity index (χ1n) is 11.6. The number of amides is 4. The van der Waals surface area contributed by atoms with Gasteiger partial charge in [-0.2, -0.15) is 0 Å². The van der Waals surface area contributed by atoms with Gasteiger partial charge in [-0.15, -0.1) is 11.3 Å². The van der Waals surface area contributed by atoms with Crippen molar-refractivity contribution in [3.8, 4) is 5.75 Å². The van der Waals surface area contributed by atoms with Gasteiger partial charge in [-0.3, -0.25) is 14.5 Å². The molecule has 1 fully saturated rings. The number of ether oxygens (including phenoxy) is 2. The van der Waals surface area contributed by atoms with Crippen molar-refractivity contribution in [2.75, 3.05) is 19.0 Å². The van der Waals surface area contributed by atoms with Gasteiger partial charge in [0.1, 0.15) is 22.8 Å². The molecule has 0 bridgehead atoms. The van der Waals surface area contributed by atoms with Crippen LogP contribution in [0, 0.1) is 0 Å². The fourth-order valence-corrected chi connectivity index (χ4v) is 5.71. The third kappa shape index (κ3) is 4.75. The van der Waals surface area contributed by atoms with Gasteiger partial charge in [0.05, 0.1) is 18.8 Å². The van der Waals surface area contributed by atoms with Crippen LogP contribution in [-0.4, -0.2) is 48.5 Å². The first kappa shape index (κ1) is 24.7. The summed E-state index contributed by atoms with van der Waals surface area (Å²) in [5.74, 6) is -0.954. The van der Waals surface area contributed by atoms with Gasteiger partial charge in [0.15, 0.2) is 0 Å². The summed E-state index contributed by atoms with van der Waals surface area (Å²) >= 11 is 1.36. The molecule has 0 spiro atoms. The Labute approximate surface area is 207 Å². The smallest absolute Gasteiger partial charge is 0.341 e. The van der Waals surface area contributed by atoms with Crippen LogP contribution in [0.1, 0.15) is 60.0 Å². The topological polar surface area (TPSA) is 114 Å². The quantitative estimate of drug-likeness (QED) is 0.444. The van der Waals surface area contributed by atoms with Crippen LogP contribution in [0.2, 0.25) is 0 Å². The molecular weight excluding hydrogens is 470 g/mol. The molecule has 2 N–H and O–H groups in total. The number of hydrogen-bond acceptors (Lipinski definition) is 7. The molecule has 1 aliphatic heterocycles. The van der Waals surface area contributed by atoms with Gasteiger partial charge in [-0.1, -0.05) is 12.1 Å². The predicted molar refractivity (Wildman–Crippen MR) is 131 cm³/mol. The Bertz CT molecular complexity index is 1170. The van der Waals surface area contributed by atoms with E-state index in [0.29, 0.717) is 21.9 Å². The molecule has 1 saturated heterocycles. The summed E-state index contributed by atoms with van der Waals surface area (Å²) in [6.45, 7) is 4.66. The van der Waals surface area contributed by atoms with Crippen molar-refractivity contribution >= 4 is 40.2 Å². The van der Waals surface area contributed by atoms with E-state index in [4.69, 9.17) is 9.47 Å². The Hall–Kier alpha value is -3.40. The van der Waals surface area contributed by atoms with E-state index < -0.39 is 35.9 Å². The molecule has 4 rings (SSSR count). The molecule has 4 amide bonds. The molecule has 9 nitrogen and oxygen atoms in total. The van der Waals surface area contributed by atoms with Gasteiger partial charge in [-0.05, 0) is 69.7 Å². The number of esters is 1. The second-order valence-corrected chi connectivity index (χ2v) is 10.2. The maximum Gasteiger partial charge on any atom is 0.341 e. The van der Waals surface area contributed by atoms with Gasteiger partial charge in [-0.25, -0.2) is 9.59 Å². The van der Waals surface area contributed by atoms with Crippen molar-refractivity contribution < 1.29 is 28.7 Å². The standard InChI is InChI=1S/C25H29N3O6S/c1-14(2)34-22(30)20-17-7-5-6-8-18(17)35-21(20)26-19(29)13-28-23(31)25(3,27-24(28)32)15-9-11-16(33-4)12-10-15/h9-12,14H,5-8,13H2,1-4H3,(H,26,29)(H,27,32). The third-order valence-electron chi connectivity index (χ3n) is 6.22. The second kappa shape index (κ2) is 9.69. The number of thiophene rings is 1. The fourth-order valence-electron chi connectivity index (χ4n) is 4.41. The third-order valence-corrected chi connectivity index (χ3v) is 7.42. The highest BCUT2D eigenvalue weighted by molar-refractivity contribution is 7.17. The molecule has 1 aromatic heterocycles. The first-order valence-corrected chi connectivity index (χ1v) is 12.4. The molecule has 2 aromatic rings. The number of methoxy groups -OCH3 is 1. The molecule has 2 heterocycles. The summed E-state index contributed by atoms with van der Waals surface area (Å²) in [4.78, 5) is 53.6. The van der Waals surface area contributed by atoms with Crippen LogP contribution in [0.25, 0.3) is 0 Å². The Morgan fingerprint density at radius 3 is 2.51 bits per heavy atom. The average Bonchev–Trinajstić information content (AvgIpc) is 3.28. The molecule has 35 heavy (non-hydrogen) atoms. The maximum absolute atomic E-state index is 13.2. The Balaban J connectivity index is 1.52. The number of carbonyl (C=O) groups is 4. The fraction of sp³-hybridized carbons (Fsp3) is 0.440. The molecule has 0 radical (unpaired) electrons. The number of urea groups is 1. The van der Waals surface area contributed by atoms with Crippen LogP contribution in [0.4, 0.5) is 9.80 Å². The van der Waals surface area contributed by atoms with E-state index in [-0.39, 0.29) is 6.10 Å². The number of anilines is 1. The summed E-state index contributed by atoms with van der Waals surface area (Å²) in [5, 5.41) is 5.85. The molecule has 1 aromatic carbocycles. The van der Waals surface area contributed by atoms with Gasteiger partial charge < -0.3 is 20.1 Å². The van der Waals surface area contributed by atoms with Gasteiger partial charge in [0, 0.05) is 4.88 Å². The van der Waals surface area contributed by atoms with Crippen LogP contribution in [0.15, 0.2) is 24.3 Å². The molecule has 10 heteroatoms. The van der Waals surface area contributed by atoms with Crippen molar-refractivity contribution in [3.05, 3.63) is 45.8 Å². The highest BCUT2D eigenvalue weighted by atomic mass is 32.1. The van der Waals surface area contributed by atoms with Crippen LogP contribution in [0.3, 0.4) is 0 Å². The van der Waals surface area contributed by atoms with Crippen LogP contribution in [-0.2, 0) is 32.7 Å². The lowest BCUT2D eigenvalue weighted by molar-refractivity contribution is -0.133. The molecule has 1 aliphatic carbocycles. The second-order valence-electron chi connectivity index (χ2n) is 9.09. The van der Waals surface area contributed by atoms with Crippen molar-refractivity contribution in [1.29, 1.82) is 0 Å². The summed E-state index contributed by atoms with van der Waals surface area (Å²) in [7, 11) is 1.54. The van der Waals surface area contributed by atoms with Crippen molar-refractivity contribution in [2.45, 2.75) is 58.1 Å². The monoisotopic (exact) mass is 499 g/mol. The lowest BCUT2D eigenvalue weighted by atomic mass is 9.92. The number of aryl methyl sites for hydroxylation is 1. The predicted octanol–water partition coefficient (Wildman–Crippen LogP) is 3.61. The zero-order valence-corrected chi connectivity index (χ0v) is 21.0. The molecular formula is C25H29N3O6S. The zero-order chi connectivity index (χ0) is 25.3. The van der Waals surface area contributed by atoms with Crippen molar-refractivity contribution in [3.63, 3.8) is 0 Å². The molecule has 2 aliphatic rings. The van der Waals surface area contributed by atoms with E-state index in [0.717, 1.165) is 41.0 Å². The normalized spacial score (nSPS) is 19.4. The van der Waals surface area contributed by atoms with Gasteiger partial charge >= 0.3 is 12.0 Å². The van der Waals surface area contributed by atoms with Gasteiger partial charge in [0.25, 0.3) is 5.91 Å². The summed E-state index contributed by atoms with van der Waals surface area (Å²) in [5.41, 5.74) is 0.568. The summed E-state index contributed by atoms with van der Waals surface area (Å²) in [6.07, 6.45) is 3.27. The van der Waals surface area contributed by atoms with Crippen molar-refractivity contribution in [2.24, 2.45) is 0 Å². The minimum absolute atomic E-state index is 0.299. The number of fused-ring (bicyclic) bond motifs is 1. The van der Waals surface area contributed by atoms with E-state index in [1.54, 1.807) is 45.0 Å². The number of benzene rings is 1.